The topological polar surface area (TPSA) is 15.3 Å². The molecule has 0 amide bonds. The van der Waals surface area contributed by atoms with Gasteiger partial charge in [0.1, 0.15) is 0 Å². The summed E-state index contributed by atoms with van der Waals surface area (Å²) in [6, 6.07) is 6.94. The zero-order chi connectivity index (χ0) is 15.2. The molecule has 0 aromatic heterocycles. The van der Waals surface area contributed by atoms with Crippen molar-refractivity contribution in [3.8, 4) is 0 Å². The summed E-state index contributed by atoms with van der Waals surface area (Å²) in [4.78, 5) is 2.62. The third kappa shape index (κ3) is 4.10. The highest BCUT2D eigenvalue weighted by atomic mass is 15.2. The number of aryl methyl sites for hydroxylation is 2. The van der Waals surface area contributed by atoms with Gasteiger partial charge in [-0.05, 0) is 57.3 Å². The number of benzene rings is 1. The van der Waals surface area contributed by atoms with Crippen LogP contribution in [0.2, 0.25) is 0 Å². The predicted molar refractivity (Wildman–Crippen MR) is 92.8 cm³/mol. The minimum atomic E-state index is 0.490. The van der Waals surface area contributed by atoms with Gasteiger partial charge >= 0.3 is 0 Å². The highest BCUT2D eigenvalue weighted by molar-refractivity contribution is 5.60. The number of hydrogen-bond acceptors (Lipinski definition) is 2. The molecule has 1 N–H and O–H groups in total. The first kappa shape index (κ1) is 16.1. The van der Waals surface area contributed by atoms with E-state index >= 15 is 0 Å². The fourth-order valence-corrected chi connectivity index (χ4v) is 3.27. The van der Waals surface area contributed by atoms with Crippen LogP contribution in [0.1, 0.15) is 50.2 Å². The number of piperidine rings is 1. The van der Waals surface area contributed by atoms with E-state index in [0.29, 0.717) is 6.04 Å². The second-order valence-corrected chi connectivity index (χ2v) is 6.32. The summed E-state index contributed by atoms with van der Waals surface area (Å²) in [5.41, 5.74) is 5.01. The second-order valence-electron chi connectivity index (χ2n) is 6.32. The van der Waals surface area contributed by atoms with Crippen LogP contribution in [-0.4, -0.2) is 24.0 Å². The first-order valence-corrected chi connectivity index (χ1v) is 8.39. The molecule has 0 spiro atoms. The maximum Gasteiger partial charge on any atom is 0.0492 e. The third-order valence-corrected chi connectivity index (χ3v) is 4.58. The SMILES string of the molecule is C=C(Nc1c(C)cccc1C)C1CCCCN1CCCC. The maximum absolute atomic E-state index is 4.36. The molecule has 0 aliphatic carbocycles. The van der Waals surface area contributed by atoms with E-state index in [1.807, 2.05) is 0 Å². The summed E-state index contributed by atoms with van der Waals surface area (Å²) in [7, 11) is 0. The lowest BCUT2D eigenvalue weighted by Gasteiger charge is -2.37. The van der Waals surface area contributed by atoms with E-state index in [1.54, 1.807) is 0 Å². The van der Waals surface area contributed by atoms with E-state index < -0.39 is 0 Å². The van der Waals surface area contributed by atoms with Crippen LogP contribution in [0.15, 0.2) is 30.5 Å². The minimum Gasteiger partial charge on any atom is -0.358 e. The molecule has 0 saturated carbocycles. The van der Waals surface area contributed by atoms with Crippen LogP contribution in [0.4, 0.5) is 5.69 Å². The van der Waals surface area contributed by atoms with E-state index in [1.165, 1.54) is 67.7 Å². The second kappa shape index (κ2) is 7.65. The van der Waals surface area contributed by atoms with E-state index in [4.69, 9.17) is 0 Å². The quantitative estimate of drug-likeness (QED) is 0.801. The highest BCUT2D eigenvalue weighted by Crippen LogP contribution is 2.27. The summed E-state index contributed by atoms with van der Waals surface area (Å²) in [6.45, 7) is 13.4. The Labute approximate surface area is 130 Å². The molecule has 1 aliphatic heterocycles. The van der Waals surface area contributed by atoms with Gasteiger partial charge in [0.15, 0.2) is 0 Å². The van der Waals surface area contributed by atoms with Gasteiger partial charge in [0.25, 0.3) is 0 Å². The van der Waals surface area contributed by atoms with E-state index in [-0.39, 0.29) is 0 Å². The number of nitrogens with zero attached hydrogens (tertiary/aromatic N) is 1. The molecule has 1 aromatic rings. The summed E-state index contributed by atoms with van der Waals surface area (Å²) in [5, 5.41) is 3.62. The number of hydrogen-bond donors (Lipinski definition) is 1. The molecule has 1 fully saturated rings. The van der Waals surface area contributed by atoms with Crippen LogP contribution in [0.25, 0.3) is 0 Å². The fourth-order valence-electron chi connectivity index (χ4n) is 3.27. The first-order valence-electron chi connectivity index (χ1n) is 8.39. The Kier molecular flexibility index (Phi) is 5.86. The lowest BCUT2D eigenvalue weighted by atomic mass is 9.98. The van der Waals surface area contributed by atoms with Gasteiger partial charge in [0.2, 0.25) is 0 Å². The molecule has 0 bridgehead atoms. The van der Waals surface area contributed by atoms with Crippen LogP contribution < -0.4 is 5.32 Å². The monoisotopic (exact) mass is 286 g/mol. The van der Waals surface area contributed by atoms with Crippen molar-refractivity contribution in [1.82, 2.24) is 4.90 Å². The Morgan fingerprint density at radius 1 is 1.29 bits per heavy atom. The maximum atomic E-state index is 4.36. The molecule has 2 rings (SSSR count). The Morgan fingerprint density at radius 2 is 2.00 bits per heavy atom. The number of anilines is 1. The van der Waals surface area contributed by atoms with Crippen LogP contribution in [0.3, 0.4) is 0 Å². The number of rotatable bonds is 6. The Bertz CT molecular complexity index is 458. The number of unbranched alkanes of at least 4 members (excludes halogenated alkanes) is 1. The van der Waals surface area contributed by atoms with E-state index in [0.717, 1.165) is 0 Å². The standard InChI is InChI=1S/C19H30N2/c1-5-6-13-21-14-8-7-12-18(21)17(4)20-19-15(2)10-9-11-16(19)3/h9-11,18,20H,4-8,12-14H2,1-3H3. The molecule has 1 aromatic carbocycles. The summed E-state index contributed by atoms with van der Waals surface area (Å²) in [6.07, 6.45) is 6.44. The van der Waals surface area contributed by atoms with Gasteiger partial charge < -0.3 is 5.32 Å². The molecule has 1 aliphatic rings. The van der Waals surface area contributed by atoms with Crippen molar-refractivity contribution in [2.45, 2.75) is 58.9 Å². The molecule has 116 valence electrons. The van der Waals surface area contributed by atoms with Crippen LogP contribution in [0.5, 0.6) is 0 Å². The Morgan fingerprint density at radius 3 is 2.67 bits per heavy atom. The largest absolute Gasteiger partial charge is 0.358 e. The third-order valence-electron chi connectivity index (χ3n) is 4.58. The molecule has 1 unspecified atom stereocenters. The lowest BCUT2D eigenvalue weighted by molar-refractivity contribution is 0.170. The smallest absolute Gasteiger partial charge is 0.0492 e. The minimum absolute atomic E-state index is 0.490. The zero-order valence-corrected chi connectivity index (χ0v) is 13.9. The zero-order valence-electron chi connectivity index (χ0n) is 13.9. The predicted octanol–water partition coefficient (Wildman–Crippen LogP) is 4.88. The molecule has 2 nitrogen and oxygen atoms in total. The molecule has 1 saturated heterocycles. The summed E-state index contributed by atoms with van der Waals surface area (Å²) < 4.78 is 0. The van der Waals surface area contributed by atoms with Crippen LogP contribution in [-0.2, 0) is 0 Å². The summed E-state index contributed by atoms with van der Waals surface area (Å²) >= 11 is 0. The van der Waals surface area contributed by atoms with Crippen molar-refractivity contribution in [3.63, 3.8) is 0 Å². The van der Waals surface area contributed by atoms with Crippen molar-refractivity contribution in [1.29, 1.82) is 0 Å². The summed E-state index contributed by atoms with van der Waals surface area (Å²) in [5.74, 6) is 0. The average Bonchev–Trinajstić information content (AvgIpc) is 2.49. The lowest BCUT2D eigenvalue weighted by Crippen LogP contribution is -2.42. The molecule has 21 heavy (non-hydrogen) atoms. The Balaban J connectivity index is 2.07. The van der Waals surface area contributed by atoms with Gasteiger partial charge in [-0.2, -0.15) is 0 Å². The molecule has 1 atom stereocenters. The van der Waals surface area contributed by atoms with Crippen LogP contribution in [0, 0.1) is 13.8 Å². The van der Waals surface area contributed by atoms with E-state index in [2.05, 4.69) is 55.8 Å². The van der Waals surface area contributed by atoms with Gasteiger partial charge in [-0.1, -0.05) is 44.5 Å². The number of para-hydroxylation sites is 1. The van der Waals surface area contributed by atoms with Crippen LogP contribution >= 0.6 is 0 Å². The van der Waals surface area contributed by atoms with Gasteiger partial charge in [0.05, 0.1) is 0 Å². The molecular formula is C19H30N2. The van der Waals surface area contributed by atoms with Crippen molar-refractivity contribution < 1.29 is 0 Å². The first-order chi connectivity index (χ1) is 10.1. The fraction of sp³-hybridized carbons (Fsp3) is 0.579. The van der Waals surface area contributed by atoms with Crippen molar-refractivity contribution in [3.05, 3.63) is 41.6 Å². The van der Waals surface area contributed by atoms with Gasteiger partial charge in [-0.3, -0.25) is 4.90 Å². The molecule has 2 heteroatoms. The average molecular weight is 286 g/mol. The molecule has 1 heterocycles. The van der Waals surface area contributed by atoms with Crippen molar-refractivity contribution >= 4 is 5.69 Å². The van der Waals surface area contributed by atoms with Crippen molar-refractivity contribution in [2.24, 2.45) is 0 Å². The Hall–Kier alpha value is -1.28. The van der Waals surface area contributed by atoms with Gasteiger partial charge in [0, 0.05) is 17.4 Å². The number of nitrogens with one attached hydrogen (secondary N) is 1. The van der Waals surface area contributed by atoms with E-state index in [9.17, 15) is 0 Å². The normalized spacial score (nSPS) is 19.5. The molecule has 0 radical (unpaired) electrons. The highest BCUT2D eigenvalue weighted by Gasteiger charge is 2.24. The van der Waals surface area contributed by atoms with Gasteiger partial charge in [-0.15, -0.1) is 0 Å². The van der Waals surface area contributed by atoms with Crippen molar-refractivity contribution in [2.75, 3.05) is 18.4 Å². The molecular weight excluding hydrogens is 256 g/mol. The van der Waals surface area contributed by atoms with Gasteiger partial charge in [-0.25, -0.2) is 0 Å². The number of likely N-dealkylation sites (tertiary alicyclic amines) is 1.